The molecule has 0 aliphatic rings. The molecule has 8 rings (SSSR count). The minimum Gasteiger partial charge on any atom is -0.308 e. The van der Waals surface area contributed by atoms with Gasteiger partial charge >= 0.3 is 0 Å². The number of aryl methyl sites for hydroxylation is 1. The van der Waals surface area contributed by atoms with Crippen LogP contribution in [0.1, 0.15) is 5.56 Å². The van der Waals surface area contributed by atoms with Crippen LogP contribution in [0.15, 0.2) is 128 Å². The molecule has 8 aromatic rings. The van der Waals surface area contributed by atoms with E-state index in [4.69, 9.17) is 4.98 Å². The van der Waals surface area contributed by atoms with E-state index in [1.54, 1.807) is 0 Å². The Kier molecular flexibility index (Phi) is 4.47. The van der Waals surface area contributed by atoms with E-state index in [-0.39, 0.29) is 0 Å². The first-order valence-corrected chi connectivity index (χ1v) is 13.1. The fraction of sp³-hybridized carbons (Fsp3) is 0.0278. The third-order valence-electron chi connectivity index (χ3n) is 7.92. The Bertz CT molecular complexity index is 2120. The highest BCUT2D eigenvalue weighted by Crippen LogP contribution is 2.42. The monoisotopic (exact) mass is 484 g/mol. The molecule has 0 radical (unpaired) electrons. The van der Waals surface area contributed by atoms with Crippen LogP contribution in [0, 0.1) is 6.92 Å². The highest BCUT2D eigenvalue weighted by atomic mass is 14.9. The molecule has 38 heavy (non-hydrogen) atoms. The zero-order chi connectivity index (χ0) is 25.2. The number of pyridine rings is 1. The van der Waals surface area contributed by atoms with Crippen molar-refractivity contribution in [3.05, 3.63) is 133 Å². The van der Waals surface area contributed by atoms with Gasteiger partial charge in [0.25, 0.3) is 0 Å². The van der Waals surface area contributed by atoms with Gasteiger partial charge in [-0.1, -0.05) is 84.9 Å². The van der Waals surface area contributed by atoms with Crippen molar-refractivity contribution in [3.63, 3.8) is 0 Å². The first-order valence-electron chi connectivity index (χ1n) is 13.1. The minimum atomic E-state index is 0.988. The molecule has 0 unspecified atom stereocenters. The number of benzene rings is 5. The first-order chi connectivity index (χ1) is 18.8. The fourth-order valence-corrected chi connectivity index (χ4v) is 6.08. The normalized spacial score (nSPS) is 11.8. The molecule has 3 aromatic heterocycles. The maximum Gasteiger partial charge on any atom is 0.0702 e. The maximum absolute atomic E-state index is 4.89. The Morgan fingerprint density at radius 1 is 0.500 bits per heavy atom. The van der Waals surface area contributed by atoms with Gasteiger partial charge in [0, 0.05) is 38.9 Å². The van der Waals surface area contributed by atoms with Crippen molar-refractivity contribution in [2.75, 3.05) is 0 Å². The second kappa shape index (κ2) is 8.03. The quantitative estimate of drug-likeness (QED) is 0.244. The molecular formula is C36H24N2. The Balaban J connectivity index is 1.36. The summed E-state index contributed by atoms with van der Waals surface area (Å²) >= 11 is 0. The average Bonchev–Trinajstić information content (AvgIpc) is 3.49. The van der Waals surface area contributed by atoms with E-state index in [1.807, 2.05) is 6.20 Å². The van der Waals surface area contributed by atoms with E-state index in [1.165, 1.54) is 60.3 Å². The summed E-state index contributed by atoms with van der Waals surface area (Å²) in [7, 11) is 0. The fourth-order valence-electron chi connectivity index (χ4n) is 6.08. The molecule has 2 nitrogen and oxygen atoms in total. The van der Waals surface area contributed by atoms with Gasteiger partial charge in [0.1, 0.15) is 0 Å². The molecule has 2 heteroatoms. The van der Waals surface area contributed by atoms with E-state index in [0.29, 0.717) is 0 Å². The molecule has 5 aromatic carbocycles. The highest BCUT2D eigenvalue weighted by molar-refractivity contribution is 6.24. The summed E-state index contributed by atoms with van der Waals surface area (Å²) in [5, 5.41) is 5.14. The lowest BCUT2D eigenvalue weighted by Gasteiger charge is -2.07. The number of rotatable bonds is 3. The second-order valence-corrected chi connectivity index (χ2v) is 10.1. The van der Waals surface area contributed by atoms with E-state index in [0.717, 1.165) is 16.8 Å². The van der Waals surface area contributed by atoms with Gasteiger partial charge in [-0.3, -0.25) is 4.98 Å². The number of hydrogen-bond donors (Lipinski definition) is 0. The zero-order valence-electron chi connectivity index (χ0n) is 21.0. The summed E-state index contributed by atoms with van der Waals surface area (Å²) in [6.07, 6.45) is 2.00. The topological polar surface area (TPSA) is 17.3 Å². The maximum atomic E-state index is 4.89. The van der Waals surface area contributed by atoms with Crippen LogP contribution in [0.4, 0.5) is 0 Å². The van der Waals surface area contributed by atoms with Crippen molar-refractivity contribution in [1.29, 1.82) is 0 Å². The Morgan fingerprint density at radius 2 is 1.18 bits per heavy atom. The highest BCUT2D eigenvalue weighted by Gasteiger charge is 2.19. The molecule has 178 valence electrons. The lowest BCUT2D eigenvalue weighted by molar-refractivity contribution is 1.32. The van der Waals surface area contributed by atoms with Gasteiger partial charge in [0.15, 0.2) is 0 Å². The lowest BCUT2D eigenvalue weighted by Crippen LogP contribution is -1.87. The van der Waals surface area contributed by atoms with Crippen LogP contribution in [0.3, 0.4) is 0 Å². The molecule has 3 heterocycles. The summed E-state index contributed by atoms with van der Waals surface area (Å²) in [5.74, 6) is 0. The molecular weight excluding hydrogens is 460 g/mol. The molecule has 0 amide bonds. The van der Waals surface area contributed by atoms with Crippen molar-refractivity contribution in [3.8, 4) is 33.5 Å². The van der Waals surface area contributed by atoms with Crippen LogP contribution < -0.4 is 0 Å². The van der Waals surface area contributed by atoms with Crippen LogP contribution in [-0.4, -0.2) is 9.38 Å². The number of nitrogens with zero attached hydrogens (tertiary/aromatic N) is 2. The molecule has 0 aliphatic heterocycles. The van der Waals surface area contributed by atoms with E-state index < -0.39 is 0 Å². The van der Waals surface area contributed by atoms with Gasteiger partial charge in [-0.15, -0.1) is 0 Å². The van der Waals surface area contributed by atoms with Crippen molar-refractivity contribution < 1.29 is 0 Å². The van der Waals surface area contributed by atoms with Crippen molar-refractivity contribution >= 4 is 38.1 Å². The summed E-state index contributed by atoms with van der Waals surface area (Å²) in [6.45, 7) is 2.15. The number of hydrogen-bond acceptors (Lipinski definition) is 1. The van der Waals surface area contributed by atoms with E-state index >= 15 is 0 Å². The van der Waals surface area contributed by atoms with Crippen LogP contribution >= 0.6 is 0 Å². The van der Waals surface area contributed by atoms with Gasteiger partial charge in [0.05, 0.1) is 22.2 Å². The van der Waals surface area contributed by atoms with Crippen LogP contribution in [0.2, 0.25) is 0 Å². The first kappa shape index (κ1) is 21.2. The molecule has 0 fully saturated rings. The summed E-state index contributed by atoms with van der Waals surface area (Å²) < 4.78 is 2.43. The predicted molar refractivity (Wildman–Crippen MR) is 160 cm³/mol. The van der Waals surface area contributed by atoms with E-state index in [2.05, 4.69) is 133 Å². The van der Waals surface area contributed by atoms with Crippen LogP contribution in [0.25, 0.3) is 71.6 Å². The average molecular weight is 485 g/mol. The number of para-hydroxylation sites is 1. The lowest BCUT2D eigenvalue weighted by atomic mass is 9.98. The Hall–Kier alpha value is -4.95. The third-order valence-corrected chi connectivity index (χ3v) is 7.92. The number of fused-ring (bicyclic) bond motifs is 6. The minimum absolute atomic E-state index is 0.988. The van der Waals surface area contributed by atoms with Crippen LogP contribution in [-0.2, 0) is 0 Å². The summed E-state index contributed by atoms with van der Waals surface area (Å²) in [6, 6.07) is 43.7. The zero-order valence-corrected chi connectivity index (χ0v) is 21.0. The second-order valence-electron chi connectivity index (χ2n) is 10.1. The molecule has 0 saturated carbocycles. The molecule has 0 N–H and O–H groups in total. The molecule has 0 saturated heterocycles. The molecule has 0 atom stereocenters. The molecule has 0 spiro atoms. The third kappa shape index (κ3) is 3.04. The predicted octanol–water partition coefficient (Wildman–Crippen LogP) is 9.54. The largest absolute Gasteiger partial charge is 0.308 e. The van der Waals surface area contributed by atoms with Crippen molar-refractivity contribution in [1.82, 2.24) is 9.38 Å². The SMILES string of the molecule is Cc1ccccc1-c1ccc(-c2ccc3c(c2)c2cc(-c4ccccc4)cc4c5ccccc5n3c42)nc1. The van der Waals surface area contributed by atoms with Gasteiger partial charge in [-0.05, 0) is 65.6 Å². The Labute approximate surface area is 220 Å². The van der Waals surface area contributed by atoms with Crippen LogP contribution in [0.5, 0.6) is 0 Å². The molecule has 0 aliphatic carbocycles. The smallest absolute Gasteiger partial charge is 0.0702 e. The van der Waals surface area contributed by atoms with Crippen molar-refractivity contribution in [2.45, 2.75) is 6.92 Å². The Morgan fingerprint density at radius 3 is 2.00 bits per heavy atom. The van der Waals surface area contributed by atoms with Gasteiger partial charge in [0.2, 0.25) is 0 Å². The van der Waals surface area contributed by atoms with Crippen molar-refractivity contribution in [2.24, 2.45) is 0 Å². The summed E-state index contributed by atoms with van der Waals surface area (Å²) in [4.78, 5) is 4.89. The standard InChI is InChI=1S/C36H24N2/c1-23-9-5-6-12-28(23)26-15-17-33(37-22-26)25-16-18-35-30(19-25)32-21-27(24-10-3-2-4-11-24)20-31-29-13-7-8-14-34(29)38(35)36(31)32/h2-22H,1H3. The van der Waals surface area contributed by atoms with Gasteiger partial charge in [-0.25, -0.2) is 0 Å². The van der Waals surface area contributed by atoms with Gasteiger partial charge in [-0.2, -0.15) is 0 Å². The molecule has 0 bridgehead atoms. The number of aromatic nitrogens is 2. The van der Waals surface area contributed by atoms with E-state index in [9.17, 15) is 0 Å². The van der Waals surface area contributed by atoms with Gasteiger partial charge < -0.3 is 4.40 Å². The summed E-state index contributed by atoms with van der Waals surface area (Å²) in [5.41, 5.74) is 12.0.